The SMILES string of the molecule is CC1CC1n1c(O)c(-c2ccc(Cl)cc2)c(=O)[nH]c1=O. The van der Waals surface area contributed by atoms with Crippen LogP contribution >= 0.6 is 11.6 Å². The summed E-state index contributed by atoms with van der Waals surface area (Å²) in [5.74, 6) is 0.0398. The molecule has 0 spiro atoms. The van der Waals surface area contributed by atoms with Crippen LogP contribution in [0, 0.1) is 5.92 Å². The van der Waals surface area contributed by atoms with Crippen molar-refractivity contribution in [2.75, 3.05) is 0 Å². The maximum absolute atomic E-state index is 12.0. The van der Waals surface area contributed by atoms with Crippen molar-refractivity contribution in [2.24, 2.45) is 5.92 Å². The van der Waals surface area contributed by atoms with Crippen molar-refractivity contribution in [1.29, 1.82) is 0 Å². The highest BCUT2D eigenvalue weighted by Gasteiger charge is 2.37. The van der Waals surface area contributed by atoms with Gasteiger partial charge in [0.05, 0.1) is 0 Å². The van der Waals surface area contributed by atoms with Gasteiger partial charge in [-0.15, -0.1) is 0 Å². The molecule has 5 nitrogen and oxygen atoms in total. The van der Waals surface area contributed by atoms with Crippen molar-refractivity contribution in [3.63, 3.8) is 0 Å². The summed E-state index contributed by atoms with van der Waals surface area (Å²) in [5, 5.41) is 10.8. The van der Waals surface area contributed by atoms with E-state index in [4.69, 9.17) is 11.6 Å². The number of hydrogen-bond acceptors (Lipinski definition) is 3. The van der Waals surface area contributed by atoms with E-state index in [0.717, 1.165) is 6.42 Å². The van der Waals surface area contributed by atoms with Crippen LogP contribution in [-0.4, -0.2) is 14.7 Å². The molecule has 2 N–H and O–H groups in total. The van der Waals surface area contributed by atoms with Crippen molar-refractivity contribution in [2.45, 2.75) is 19.4 Å². The summed E-state index contributed by atoms with van der Waals surface area (Å²) in [7, 11) is 0. The Kier molecular flexibility index (Phi) is 2.94. The summed E-state index contributed by atoms with van der Waals surface area (Å²) < 4.78 is 1.26. The second-order valence-corrected chi connectivity index (χ2v) is 5.55. The van der Waals surface area contributed by atoms with E-state index in [0.29, 0.717) is 16.5 Å². The molecule has 1 aliphatic rings. The van der Waals surface area contributed by atoms with Gasteiger partial charge in [-0.2, -0.15) is 0 Å². The highest BCUT2D eigenvalue weighted by Crippen LogP contribution is 2.44. The Morgan fingerprint density at radius 2 is 1.90 bits per heavy atom. The molecule has 1 aliphatic carbocycles. The van der Waals surface area contributed by atoms with Gasteiger partial charge in [0, 0.05) is 11.1 Å². The Balaban J connectivity index is 2.23. The van der Waals surface area contributed by atoms with Crippen LogP contribution in [0.5, 0.6) is 5.88 Å². The number of halogens is 1. The Morgan fingerprint density at radius 3 is 2.45 bits per heavy atom. The Morgan fingerprint density at radius 1 is 1.30 bits per heavy atom. The quantitative estimate of drug-likeness (QED) is 0.890. The summed E-state index contributed by atoms with van der Waals surface area (Å²) in [6.07, 6.45) is 0.819. The van der Waals surface area contributed by atoms with Gasteiger partial charge in [-0.3, -0.25) is 14.3 Å². The van der Waals surface area contributed by atoms with E-state index in [1.54, 1.807) is 24.3 Å². The number of aromatic amines is 1. The summed E-state index contributed by atoms with van der Waals surface area (Å²) in [5.41, 5.74) is -0.547. The molecule has 2 aromatic rings. The third-order valence-electron chi connectivity index (χ3n) is 3.65. The first-order chi connectivity index (χ1) is 9.49. The summed E-state index contributed by atoms with van der Waals surface area (Å²) in [4.78, 5) is 26.1. The van der Waals surface area contributed by atoms with Crippen LogP contribution in [-0.2, 0) is 0 Å². The highest BCUT2D eigenvalue weighted by atomic mass is 35.5. The lowest BCUT2D eigenvalue weighted by Crippen LogP contribution is -2.30. The average molecular weight is 293 g/mol. The standard InChI is InChI=1S/C14H13ClN2O3/c1-7-6-10(7)17-13(19)11(12(18)16-14(17)20)8-2-4-9(15)5-3-8/h2-5,7,10,19H,6H2,1H3,(H,16,18,20). The largest absolute Gasteiger partial charge is 0.494 e. The van der Waals surface area contributed by atoms with Gasteiger partial charge in [0.25, 0.3) is 5.56 Å². The van der Waals surface area contributed by atoms with Crippen molar-refractivity contribution >= 4 is 11.6 Å². The fourth-order valence-electron chi connectivity index (χ4n) is 2.38. The molecule has 0 radical (unpaired) electrons. The molecule has 0 bridgehead atoms. The van der Waals surface area contributed by atoms with E-state index in [9.17, 15) is 14.7 Å². The Hall–Kier alpha value is -2.01. The number of nitrogens with one attached hydrogen (secondary N) is 1. The Bertz CT molecular complexity index is 776. The molecule has 0 aliphatic heterocycles. The minimum Gasteiger partial charge on any atom is -0.494 e. The molecule has 1 fully saturated rings. The molecular weight excluding hydrogens is 280 g/mol. The van der Waals surface area contributed by atoms with E-state index in [1.807, 2.05) is 6.92 Å². The van der Waals surface area contributed by atoms with Crippen molar-refractivity contribution < 1.29 is 5.11 Å². The third-order valence-corrected chi connectivity index (χ3v) is 3.90. The van der Waals surface area contributed by atoms with Crippen LogP contribution in [0.3, 0.4) is 0 Å². The number of nitrogens with zero attached hydrogens (tertiary/aromatic N) is 1. The normalized spacial score (nSPS) is 20.9. The molecular formula is C14H13ClN2O3. The van der Waals surface area contributed by atoms with Gasteiger partial charge < -0.3 is 5.11 Å². The predicted molar refractivity (Wildman–Crippen MR) is 76.3 cm³/mol. The highest BCUT2D eigenvalue weighted by molar-refractivity contribution is 6.30. The minimum absolute atomic E-state index is 0.0506. The van der Waals surface area contributed by atoms with Crippen molar-refractivity contribution in [3.8, 4) is 17.0 Å². The molecule has 20 heavy (non-hydrogen) atoms. The lowest BCUT2D eigenvalue weighted by Gasteiger charge is -2.11. The summed E-state index contributed by atoms with van der Waals surface area (Å²) in [6.45, 7) is 1.99. The van der Waals surface area contributed by atoms with E-state index in [1.165, 1.54) is 4.57 Å². The van der Waals surface area contributed by atoms with Crippen LogP contribution < -0.4 is 11.2 Å². The molecule has 1 saturated carbocycles. The minimum atomic E-state index is -0.598. The molecule has 6 heteroatoms. The van der Waals surface area contributed by atoms with Crippen LogP contribution in [0.2, 0.25) is 5.02 Å². The number of hydrogen-bond donors (Lipinski definition) is 2. The lowest BCUT2D eigenvalue weighted by atomic mass is 10.1. The summed E-state index contributed by atoms with van der Waals surface area (Å²) in [6, 6.07) is 6.48. The molecule has 2 atom stereocenters. The molecule has 1 aromatic heterocycles. The zero-order valence-electron chi connectivity index (χ0n) is 10.8. The second kappa shape index (κ2) is 4.52. The van der Waals surface area contributed by atoms with Crippen molar-refractivity contribution in [1.82, 2.24) is 9.55 Å². The van der Waals surface area contributed by atoms with E-state index in [-0.39, 0.29) is 17.5 Å². The smallest absolute Gasteiger partial charge is 0.331 e. The molecule has 1 heterocycles. The number of aromatic hydroxyl groups is 1. The van der Waals surface area contributed by atoms with Crippen LogP contribution in [0.4, 0.5) is 0 Å². The van der Waals surface area contributed by atoms with Gasteiger partial charge in [-0.1, -0.05) is 30.7 Å². The van der Waals surface area contributed by atoms with E-state index >= 15 is 0 Å². The van der Waals surface area contributed by atoms with Gasteiger partial charge >= 0.3 is 5.69 Å². The molecule has 3 rings (SSSR count). The van der Waals surface area contributed by atoms with Gasteiger partial charge in [-0.05, 0) is 30.0 Å². The van der Waals surface area contributed by atoms with Crippen LogP contribution in [0.15, 0.2) is 33.9 Å². The average Bonchev–Trinajstić information content (AvgIpc) is 3.08. The van der Waals surface area contributed by atoms with Gasteiger partial charge in [0.1, 0.15) is 5.56 Å². The zero-order chi connectivity index (χ0) is 14.4. The first-order valence-corrected chi connectivity index (χ1v) is 6.70. The Labute approximate surface area is 119 Å². The number of benzene rings is 1. The number of aromatic nitrogens is 2. The zero-order valence-corrected chi connectivity index (χ0v) is 11.5. The van der Waals surface area contributed by atoms with Crippen LogP contribution in [0.25, 0.3) is 11.1 Å². The molecule has 104 valence electrons. The fraction of sp³-hybridized carbons (Fsp3) is 0.286. The van der Waals surface area contributed by atoms with E-state index < -0.39 is 11.2 Å². The fourth-order valence-corrected chi connectivity index (χ4v) is 2.51. The maximum atomic E-state index is 12.0. The predicted octanol–water partition coefficient (Wildman–Crippen LogP) is 2.14. The van der Waals surface area contributed by atoms with Gasteiger partial charge in [0.2, 0.25) is 5.88 Å². The van der Waals surface area contributed by atoms with E-state index in [2.05, 4.69) is 4.98 Å². The number of H-pyrrole nitrogens is 1. The third kappa shape index (κ3) is 2.04. The number of rotatable bonds is 2. The topological polar surface area (TPSA) is 75.1 Å². The molecule has 0 amide bonds. The lowest BCUT2D eigenvalue weighted by molar-refractivity contribution is 0.400. The monoisotopic (exact) mass is 292 g/mol. The summed E-state index contributed by atoms with van der Waals surface area (Å²) >= 11 is 5.81. The first kappa shape index (κ1) is 13.0. The van der Waals surface area contributed by atoms with Gasteiger partial charge in [0.15, 0.2) is 0 Å². The maximum Gasteiger partial charge on any atom is 0.331 e. The van der Waals surface area contributed by atoms with Gasteiger partial charge in [-0.25, -0.2) is 4.79 Å². The van der Waals surface area contributed by atoms with Crippen LogP contribution in [0.1, 0.15) is 19.4 Å². The first-order valence-electron chi connectivity index (χ1n) is 6.32. The molecule has 0 saturated heterocycles. The van der Waals surface area contributed by atoms with Crippen molar-refractivity contribution in [3.05, 3.63) is 50.1 Å². The molecule has 2 unspecified atom stereocenters. The molecule has 1 aromatic carbocycles. The second-order valence-electron chi connectivity index (χ2n) is 5.12.